The van der Waals surface area contributed by atoms with Crippen molar-refractivity contribution >= 4 is 23.7 Å². The van der Waals surface area contributed by atoms with Crippen molar-refractivity contribution in [2.24, 2.45) is 0 Å². The number of carbonyl (C=O) groups excluding carboxylic acids is 2. The summed E-state index contributed by atoms with van der Waals surface area (Å²) >= 11 is 0. The van der Waals surface area contributed by atoms with Crippen molar-refractivity contribution in [2.45, 2.75) is 69.8 Å². The molecule has 1 N–H and O–H groups in total. The molecule has 2 aromatic carbocycles. The molecule has 4 heterocycles. The minimum absolute atomic E-state index is 0.138. The number of carbonyl (C=O) groups is 2. The van der Waals surface area contributed by atoms with Crippen LogP contribution < -0.4 is 15.1 Å². The number of hydrogen-bond acceptors (Lipinski definition) is 9. The van der Waals surface area contributed by atoms with Crippen LogP contribution in [0.4, 0.5) is 51.6 Å². The van der Waals surface area contributed by atoms with Gasteiger partial charge >= 0.3 is 18.3 Å². The molecular weight excluding hydrogens is 700 g/mol. The van der Waals surface area contributed by atoms with E-state index in [0.717, 1.165) is 26.9 Å². The van der Waals surface area contributed by atoms with Crippen LogP contribution in [0.25, 0.3) is 17.1 Å². The van der Waals surface area contributed by atoms with Gasteiger partial charge in [-0.25, -0.2) is 36.4 Å². The van der Waals surface area contributed by atoms with E-state index in [-0.39, 0.29) is 23.8 Å². The number of nitrogens with zero attached hydrogens (tertiary/aromatic N) is 7. The normalized spacial score (nSPS) is 18.8. The fraction of sp³-hybridized carbons (Fsp3) is 0.419. The number of anilines is 2. The maximum Gasteiger partial charge on any atom is 0.453 e. The summed E-state index contributed by atoms with van der Waals surface area (Å²) in [6.45, 7) is 3.24. The third-order valence-corrected chi connectivity index (χ3v) is 7.86. The van der Waals surface area contributed by atoms with Crippen LogP contribution in [0.2, 0.25) is 0 Å². The lowest BCUT2D eigenvalue weighted by Crippen LogP contribution is -2.49. The first-order valence-electron chi connectivity index (χ1n) is 15.3. The minimum Gasteiger partial charge on any atom is -0.444 e. The minimum atomic E-state index is -4.79. The van der Waals surface area contributed by atoms with Gasteiger partial charge in [0.1, 0.15) is 23.8 Å². The third-order valence-electron chi connectivity index (χ3n) is 7.86. The van der Waals surface area contributed by atoms with Crippen LogP contribution in [-0.4, -0.2) is 67.6 Å². The fourth-order valence-corrected chi connectivity index (χ4v) is 5.53. The van der Waals surface area contributed by atoms with E-state index in [2.05, 4.69) is 25.6 Å². The predicted molar refractivity (Wildman–Crippen MR) is 161 cm³/mol. The van der Waals surface area contributed by atoms with Gasteiger partial charge in [0.15, 0.2) is 0 Å². The number of aromatic nitrogens is 5. The fourth-order valence-electron chi connectivity index (χ4n) is 5.53. The molecule has 0 saturated carbocycles. The zero-order valence-corrected chi connectivity index (χ0v) is 26.9. The van der Waals surface area contributed by atoms with Gasteiger partial charge in [-0.2, -0.15) is 13.2 Å². The van der Waals surface area contributed by atoms with Crippen LogP contribution in [0, 0.1) is 5.82 Å². The lowest BCUT2D eigenvalue weighted by atomic mass is 9.99. The van der Waals surface area contributed by atoms with E-state index in [1.165, 1.54) is 45.0 Å². The molecule has 0 aliphatic carbocycles. The van der Waals surface area contributed by atoms with E-state index in [0.29, 0.717) is 6.07 Å². The average Bonchev–Trinajstić information content (AvgIpc) is 3.77. The molecule has 2 amide bonds. The Hall–Kier alpha value is -5.30. The number of halogens is 8. The molecule has 2 aromatic heterocycles. The molecule has 272 valence electrons. The molecule has 1 atom stereocenters. The number of nitrogens with one attached hydrogen (secondary N) is 1. The molecule has 4 aromatic rings. The molecule has 0 bridgehead atoms. The molecule has 0 unspecified atom stereocenters. The number of hydrogen-bond donors (Lipinski definition) is 1. The van der Waals surface area contributed by atoms with E-state index in [9.17, 15) is 31.5 Å². The summed E-state index contributed by atoms with van der Waals surface area (Å²) in [4.78, 5) is 31.9. The van der Waals surface area contributed by atoms with Gasteiger partial charge in [-0.3, -0.25) is 4.79 Å². The summed E-state index contributed by atoms with van der Waals surface area (Å²) in [5.74, 6) is -11.2. The molecule has 2 aliphatic rings. The lowest BCUT2D eigenvalue weighted by Gasteiger charge is -2.27. The lowest BCUT2D eigenvalue weighted by molar-refractivity contribution is -0.144. The first-order valence-corrected chi connectivity index (χ1v) is 15.3. The smallest absolute Gasteiger partial charge is 0.444 e. The number of rotatable bonds is 6. The first-order chi connectivity index (χ1) is 23.7. The van der Waals surface area contributed by atoms with Crippen molar-refractivity contribution in [1.82, 2.24) is 30.3 Å². The Morgan fingerprint density at radius 1 is 1.08 bits per heavy atom. The summed E-state index contributed by atoms with van der Waals surface area (Å²) in [6.07, 6.45) is -6.89. The van der Waals surface area contributed by atoms with E-state index in [4.69, 9.17) is 9.15 Å². The number of alkyl halides is 7. The Morgan fingerprint density at radius 3 is 2.39 bits per heavy atom. The number of fused-ring (bicyclic) bond motifs is 1. The highest BCUT2D eigenvalue weighted by Crippen LogP contribution is 2.45. The SMILES string of the molecule is CC(C)(C)OC(=O)N[C@H]1CC(F)(F)c2cc(F)c(-c3nnc(N4CCC(F)(F)C4)o3)cc2N(Cc2ccc(-n3cnc(C(F)(F)F)n3)cc2)C1=O. The molecule has 0 spiro atoms. The Labute approximate surface area is 283 Å². The molecular formula is C31H28F8N8O4. The second kappa shape index (κ2) is 12.5. The average molecular weight is 729 g/mol. The topological polar surface area (TPSA) is 132 Å². The van der Waals surface area contributed by atoms with Gasteiger partial charge in [-0.1, -0.05) is 17.2 Å². The first kappa shape index (κ1) is 35.5. The highest BCUT2D eigenvalue weighted by molar-refractivity contribution is 6.00. The summed E-state index contributed by atoms with van der Waals surface area (Å²) in [7, 11) is 0. The number of amides is 2. The van der Waals surface area contributed by atoms with E-state index in [1.54, 1.807) is 0 Å². The molecule has 2 aliphatic heterocycles. The van der Waals surface area contributed by atoms with Crippen molar-refractivity contribution in [3.8, 4) is 17.1 Å². The molecule has 1 fully saturated rings. The van der Waals surface area contributed by atoms with Crippen LogP contribution in [0.15, 0.2) is 47.1 Å². The Bertz CT molecular complexity index is 1960. The Balaban J connectivity index is 1.38. The van der Waals surface area contributed by atoms with Crippen LogP contribution >= 0.6 is 0 Å². The molecule has 51 heavy (non-hydrogen) atoms. The van der Waals surface area contributed by atoms with Crippen molar-refractivity contribution in [3.05, 3.63) is 65.5 Å². The molecule has 1 saturated heterocycles. The highest BCUT2D eigenvalue weighted by Gasteiger charge is 2.47. The summed E-state index contributed by atoms with van der Waals surface area (Å²) < 4.78 is 126. The van der Waals surface area contributed by atoms with Crippen molar-refractivity contribution in [1.29, 1.82) is 0 Å². The Morgan fingerprint density at radius 2 is 1.78 bits per heavy atom. The predicted octanol–water partition coefficient (Wildman–Crippen LogP) is 6.24. The molecule has 12 nitrogen and oxygen atoms in total. The second-order valence-corrected chi connectivity index (χ2v) is 13.0. The van der Waals surface area contributed by atoms with Gasteiger partial charge in [0.25, 0.3) is 23.6 Å². The van der Waals surface area contributed by atoms with Gasteiger partial charge in [0, 0.05) is 24.9 Å². The summed E-state index contributed by atoms with van der Waals surface area (Å²) in [6, 6.07) is 4.59. The number of benzene rings is 2. The van der Waals surface area contributed by atoms with Crippen LogP contribution in [0.3, 0.4) is 0 Å². The van der Waals surface area contributed by atoms with Crippen LogP contribution in [0.1, 0.15) is 50.6 Å². The quantitative estimate of drug-likeness (QED) is 0.229. The monoisotopic (exact) mass is 728 g/mol. The molecule has 20 heteroatoms. The highest BCUT2D eigenvalue weighted by atomic mass is 19.4. The van der Waals surface area contributed by atoms with Gasteiger partial charge in [0.2, 0.25) is 5.91 Å². The Kier molecular flexibility index (Phi) is 8.69. The molecule has 6 rings (SSSR count). The van der Waals surface area contributed by atoms with E-state index >= 15 is 13.2 Å². The zero-order chi connectivity index (χ0) is 37.1. The summed E-state index contributed by atoms with van der Waals surface area (Å²) in [5.41, 5.74) is -2.58. The zero-order valence-electron chi connectivity index (χ0n) is 26.9. The van der Waals surface area contributed by atoms with E-state index < -0.39 is 102 Å². The van der Waals surface area contributed by atoms with Crippen LogP contribution in [0.5, 0.6) is 0 Å². The van der Waals surface area contributed by atoms with Gasteiger partial charge in [0.05, 0.1) is 30.0 Å². The maximum absolute atomic E-state index is 15.9. The maximum atomic E-state index is 15.9. The van der Waals surface area contributed by atoms with Gasteiger partial charge in [-0.05, 0) is 50.6 Å². The third kappa shape index (κ3) is 7.58. The van der Waals surface area contributed by atoms with Gasteiger partial charge in [-0.15, -0.1) is 10.2 Å². The van der Waals surface area contributed by atoms with Crippen molar-refractivity contribution in [2.75, 3.05) is 22.9 Å². The molecule has 0 radical (unpaired) electrons. The number of alkyl carbamates (subject to hydrolysis) is 1. The number of ether oxygens (including phenoxy) is 1. The van der Waals surface area contributed by atoms with Gasteiger partial charge < -0.3 is 24.3 Å². The standard InChI is InChI=1S/C31H28F8N8O4/c1-28(2,3)51-27(49)41-21-12-30(35,36)19-11-20(32)18(23-42-43-26(50-23)45-9-8-29(33,34)14-45)10-22(19)46(24(21)48)13-16-4-6-17(7-5-16)47-15-40-25(44-47)31(37,38)39/h4-7,10-11,15,21H,8-9,12-14H2,1-3H3,(H,41,49)/t21-/m0/s1. The van der Waals surface area contributed by atoms with E-state index in [1.807, 2.05) is 0 Å². The largest absolute Gasteiger partial charge is 0.453 e. The van der Waals surface area contributed by atoms with Crippen molar-refractivity contribution in [3.63, 3.8) is 0 Å². The summed E-state index contributed by atoms with van der Waals surface area (Å²) in [5, 5.41) is 13.0. The second-order valence-electron chi connectivity index (χ2n) is 13.0. The van der Waals surface area contributed by atoms with Crippen molar-refractivity contribution < 1.29 is 53.9 Å². The van der Waals surface area contributed by atoms with Crippen LogP contribution in [-0.2, 0) is 28.2 Å².